The van der Waals surface area contributed by atoms with Gasteiger partial charge in [0, 0.05) is 6.04 Å². The number of aryl methyl sites for hydroxylation is 2. The maximum absolute atomic E-state index is 12.6. The molecule has 0 aliphatic carbocycles. The van der Waals surface area contributed by atoms with Gasteiger partial charge in [0.15, 0.2) is 0 Å². The van der Waals surface area contributed by atoms with E-state index < -0.39 is 10.0 Å². The summed E-state index contributed by atoms with van der Waals surface area (Å²) in [7, 11) is -1.80. The molecule has 0 aliphatic heterocycles. The van der Waals surface area contributed by atoms with Crippen molar-refractivity contribution in [3.8, 4) is 5.75 Å². The summed E-state index contributed by atoms with van der Waals surface area (Å²) in [6, 6.07) is 13.1. The maximum atomic E-state index is 12.6. The first-order chi connectivity index (χ1) is 11.4. The normalized spacial score (nSPS) is 12.8. The van der Waals surface area contributed by atoms with Crippen molar-refractivity contribution in [3.05, 3.63) is 64.7 Å². The lowest BCUT2D eigenvalue weighted by Gasteiger charge is -2.19. The second-order valence-electron chi connectivity index (χ2n) is 5.99. The molecule has 0 amide bonds. The first kappa shape index (κ1) is 18.5. The van der Waals surface area contributed by atoms with Crippen LogP contribution in [0.5, 0.6) is 5.75 Å². The number of methoxy groups -OCH3 is 1. The fourth-order valence-electron chi connectivity index (χ4n) is 2.74. The zero-order chi connectivity index (χ0) is 17.7. The number of hydrogen-bond donors (Lipinski definition) is 1. The molecule has 0 radical (unpaired) electrons. The Kier molecular flexibility index (Phi) is 6.02. The first-order valence-corrected chi connectivity index (χ1v) is 9.70. The van der Waals surface area contributed by atoms with Gasteiger partial charge >= 0.3 is 0 Å². The van der Waals surface area contributed by atoms with Crippen molar-refractivity contribution in [2.45, 2.75) is 39.0 Å². The fraction of sp³-hybridized carbons (Fsp3) is 0.368. The number of sulfonamides is 1. The number of benzene rings is 2. The van der Waals surface area contributed by atoms with Gasteiger partial charge in [0.05, 0.1) is 12.9 Å². The topological polar surface area (TPSA) is 55.4 Å². The summed E-state index contributed by atoms with van der Waals surface area (Å²) in [5.41, 5.74) is 3.75. The summed E-state index contributed by atoms with van der Waals surface area (Å²) < 4.78 is 33.2. The quantitative estimate of drug-likeness (QED) is 0.827. The molecule has 2 aromatic carbocycles. The highest BCUT2D eigenvalue weighted by molar-refractivity contribution is 7.88. The lowest BCUT2D eigenvalue weighted by molar-refractivity contribution is 0.411. The molecule has 0 aromatic heterocycles. The van der Waals surface area contributed by atoms with Crippen LogP contribution in [0.4, 0.5) is 0 Å². The van der Waals surface area contributed by atoms with Crippen LogP contribution in [0.3, 0.4) is 0 Å². The highest BCUT2D eigenvalue weighted by Gasteiger charge is 2.20. The van der Waals surface area contributed by atoms with Gasteiger partial charge in [-0.25, -0.2) is 13.1 Å². The summed E-state index contributed by atoms with van der Waals surface area (Å²) in [4.78, 5) is 0. The number of hydrogen-bond acceptors (Lipinski definition) is 3. The van der Waals surface area contributed by atoms with Crippen LogP contribution in [-0.2, 0) is 15.8 Å². The van der Waals surface area contributed by atoms with Crippen molar-refractivity contribution < 1.29 is 13.2 Å². The second-order valence-corrected chi connectivity index (χ2v) is 7.75. The third-order valence-corrected chi connectivity index (χ3v) is 5.49. The molecule has 0 saturated carbocycles. The maximum Gasteiger partial charge on any atom is 0.216 e. The Bertz CT molecular complexity index is 800. The average Bonchev–Trinajstić information content (AvgIpc) is 2.54. The Morgan fingerprint density at radius 3 is 2.38 bits per heavy atom. The van der Waals surface area contributed by atoms with E-state index in [0.29, 0.717) is 6.42 Å². The minimum absolute atomic E-state index is 0.00862. The van der Waals surface area contributed by atoms with Gasteiger partial charge in [-0.1, -0.05) is 43.3 Å². The summed E-state index contributed by atoms with van der Waals surface area (Å²) in [5, 5.41) is 0. The largest absolute Gasteiger partial charge is 0.496 e. The molecule has 0 fully saturated rings. The molecule has 1 unspecified atom stereocenters. The first-order valence-electron chi connectivity index (χ1n) is 8.05. The fourth-order valence-corrected chi connectivity index (χ4v) is 4.29. The van der Waals surface area contributed by atoms with Crippen molar-refractivity contribution >= 4 is 10.0 Å². The highest BCUT2D eigenvalue weighted by Crippen LogP contribution is 2.25. The van der Waals surface area contributed by atoms with Gasteiger partial charge in [0.25, 0.3) is 0 Å². The molecule has 0 heterocycles. The lowest BCUT2D eigenvalue weighted by atomic mass is 10.0. The van der Waals surface area contributed by atoms with E-state index in [0.717, 1.165) is 28.0 Å². The van der Waals surface area contributed by atoms with Crippen LogP contribution in [0.25, 0.3) is 0 Å². The average molecular weight is 347 g/mol. The zero-order valence-electron chi connectivity index (χ0n) is 14.7. The Hall–Kier alpha value is -1.85. The second kappa shape index (κ2) is 7.81. The number of nitrogens with one attached hydrogen (secondary N) is 1. The lowest BCUT2D eigenvalue weighted by Crippen LogP contribution is -2.29. The minimum Gasteiger partial charge on any atom is -0.496 e. The van der Waals surface area contributed by atoms with Gasteiger partial charge in [-0.05, 0) is 48.6 Å². The minimum atomic E-state index is -3.43. The number of rotatable bonds is 7. The van der Waals surface area contributed by atoms with Crippen molar-refractivity contribution in [3.63, 3.8) is 0 Å². The van der Waals surface area contributed by atoms with Crippen molar-refractivity contribution in [2.75, 3.05) is 7.11 Å². The van der Waals surface area contributed by atoms with Crippen LogP contribution in [0.1, 0.15) is 41.6 Å². The van der Waals surface area contributed by atoms with Crippen LogP contribution in [-0.4, -0.2) is 15.5 Å². The Balaban J connectivity index is 2.20. The standard InChI is InChI=1S/C19H25NO3S/c1-5-18(16-10-11-19(23-4)15(3)12-16)20-24(21,22)13-17-9-7-6-8-14(17)2/h6-12,18,20H,5,13H2,1-4H3. The van der Waals surface area contributed by atoms with Crippen molar-refractivity contribution in [2.24, 2.45) is 0 Å². The highest BCUT2D eigenvalue weighted by atomic mass is 32.2. The SMILES string of the molecule is CCC(NS(=O)(=O)Cc1ccccc1C)c1ccc(OC)c(C)c1. The van der Waals surface area contributed by atoms with E-state index in [-0.39, 0.29) is 11.8 Å². The van der Waals surface area contributed by atoms with Crippen LogP contribution in [0.2, 0.25) is 0 Å². The molecule has 1 atom stereocenters. The third-order valence-electron chi connectivity index (χ3n) is 4.16. The molecule has 1 N–H and O–H groups in total. The van der Waals surface area contributed by atoms with E-state index >= 15 is 0 Å². The van der Waals surface area contributed by atoms with Gasteiger partial charge in [-0.2, -0.15) is 0 Å². The molecule has 0 bridgehead atoms. The van der Waals surface area contributed by atoms with Crippen LogP contribution in [0, 0.1) is 13.8 Å². The zero-order valence-corrected chi connectivity index (χ0v) is 15.5. The summed E-state index contributed by atoms with van der Waals surface area (Å²) in [6.45, 7) is 5.85. The van der Waals surface area contributed by atoms with Gasteiger partial charge < -0.3 is 4.74 Å². The molecule has 0 aliphatic rings. The molecular weight excluding hydrogens is 322 g/mol. The molecule has 24 heavy (non-hydrogen) atoms. The van der Waals surface area contributed by atoms with E-state index in [1.54, 1.807) is 7.11 Å². The van der Waals surface area contributed by atoms with Crippen LogP contribution >= 0.6 is 0 Å². The molecule has 0 spiro atoms. The third kappa shape index (κ3) is 4.58. The number of ether oxygens (including phenoxy) is 1. The Morgan fingerprint density at radius 2 is 1.79 bits per heavy atom. The molecular formula is C19H25NO3S. The summed E-state index contributed by atoms with van der Waals surface area (Å²) >= 11 is 0. The predicted molar refractivity (Wildman–Crippen MR) is 97.7 cm³/mol. The van der Waals surface area contributed by atoms with Gasteiger partial charge in [-0.15, -0.1) is 0 Å². The van der Waals surface area contributed by atoms with E-state index in [1.165, 1.54) is 0 Å². The molecule has 2 aromatic rings. The van der Waals surface area contributed by atoms with E-state index in [9.17, 15) is 8.42 Å². The molecule has 2 rings (SSSR count). The Labute approximate surface area is 144 Å². The monoisotopic (exact) mass is 347 g/mol. The van der Waals surface area contributed by atoms with Crippen molar-refractivity contribution in [1.82, 2.24) is 4.72 Å². The summed E-state index contributed by atoms with van der Waals surface area (Å²) in [6.07, 6.45) is 0.679. The molecule has 5 heteroatoms. The van der Waals surface area contributed by atoms with Gasteiger partial charge in [-0.3, -0.25) is 0 Å². The molecule has 0 saturated heterocycles. The van der Waals surface area contributed by atoms with Crippen molar-refractivity contribution in [1.29, 1.82) is 0 Å². The van der Waals surface area contributed by atoms with Gasteiger partial charge in [0.1, 0.15) is 5.75 Å². The van der Waals surface area contributed by atoms with E-state index in [2.05, 4.69) is 4.72 Å². The van der Waals surface area contributed by atoms with Crippen LogP contribution < -0.4 is 9.46 Å². The Morgan fingerprint density at radius 1 is 1.08 bits per heavy atom. The van der Waals surface area contributed by atoms with E-state index in [4.69, 9.17) is 4.74 Å². The van der Waals surface area contributed by atoms with Gasteiger partial charge in [0.2, 0.25) is 10.0 Å². The molecule has 4 nitrogen and oxygen atoms in total. The summed E-state index contributed by atoms with van der Waals surface area (Å²) in [5.74, 6) is 0.794. The van der Waals surface area contributed by atoms with Crippen LogP contribution in [0.15, 0.2) is 42.5 Å². The van der Waals surface area contributed by atoms with E-state index in [1.807, 2.05) is 63.2 Å². The molecule has 130 valence electrons. The predicted octanol–water partition coefficient (Wildman–Crippen LogP) is 3.88. The smallest absolute Gasteiger partial charge is 0.216 e.